The zero-order valence-electron chi connectivity index (χ0n) is 8.87. The smallest absolute Gasteiger partial charge is 0.431 e. The third-order valence-corrected chi connectivity index (χ3v) is 2.53. The van der Waals surface area contributed by atoms with E-state index in [1.165, 1.54) is 12.4 Å². The lowest BCUT2D eigenvalue weighted by Crippen LogP contribution is -2.40. The summed E-state index contributed by atoms with van der Waals surface area (Å²) in [6, 6.07) is 1.65. The van der Waals surface area contributed by atoms with Gasteiger partial charge < -0.3 is 4.74 Å². The third kappa shape index (κ3) is 2.46. The van der Waals surface area contributed by atoms with E-state index in [0.717, 1.165) is 30.7 Å². The normalized spacial score (nSPS) is 16.1. The van der Waals surface area contributed by atoms with Crippen molar-refractivity contribution in [2.24, 2.45) is 5.84 Å². The molecule has 0 aromatic carbocycles. The van der Waals surface area contributed by atoms with E-state index in [1.54, 1.807) is 6.07 Å². The van der Waals surface area contributed by atoms with Crippen molar-refractivity contribution in [1.82, 2.24) is 9.97 Å². The number of ether oxygens (including phenoxy) is 1. The van der Waals surface area contributed by atoms with Gasteiger partial charge in [0.25, 0.3) is 0 Å². The molecule has 6 heteroatoms. The molecule has 0 radical (unpaired) electrons. The van der Waals surface area contributed by atoms with Crippen LogP contribution in [0.1, 0.15) is 25.7 Å². The predicted octanol–water partition coefficient (Wildman–Crippen LogP) is 1.24. The molecule has 1 aromatic heterocycles. The first kappa shape index (κ1) is 10.8. The van der Waals surface area contributed by atoms with Gasteiger partial charge in [-0.3, -0.25) is 0 Å². The standard InChI is InChI=1S/C10H14N4O2/c11-14(9-12-6-3-7-13-9)10(15)16-8-4-1-2-5-8/h3,6-8H,1-2,4-5,11H2. The molecular formula is C10H14N4O2. The molecule has 0 bridgehead atoms. The second-order valence-electron chi connectivity index (χ2n) is 3.71. The maximum absolute atomic E-state index is 11.6. The third-order valence-electron chi connectivity index (χ3n) is 2.53. The van der Waals surface area contributed by atoms with Crippen molar-refractivity contribution in [2.45, 2.75) is 31.8 Å². The predicted molar refractivity (Wildman–Crippen MR) is 57.4 cm³/mol. The van der Waals surface area contributed by atoms with Crippen molar-refractivity contribution < 1.29 is 9.53 Å². The van der Waals surface area contributed by atoms with E-state index in [0.29, 0.717) is 0 Å². The van der Waals surface area contributed by atoms with Crippen molar-refractivity contribution in [1.29, 1.82) is 0 Å². The number of nitrogens with two attached hydrogens (primary N) is 1. The Labute approximate surface area is 93.4 Å². The fourth-order valence-corrected chi connectivity index (χ4v) is 1.70. The average molecular weight is 222 g/mol. The molecule has 1 amide bonds. The maximum Gasteiger partial charge on any atom is 0.431 e. The lowest BCUT2D eigenvalue weighted by atomic mass is 10.3. The molecule has 16 heavy (non-hydrogen) atoms. The first-order chi connectivity index (χ1) is 7.77. The number of amides is 1. The summed E-state index contributed by atoms with van der Waals surface area (Å²) >= 11 is 0. The summed E-state index contributed by atoms with van der Waals surface area (Å²) in [6.07, 6.45) is 6.45. The van der Waals surface area contributed by atoms with Crippen LogP contribution >= 0.6 is 0 Å². The first-order valence-corrected chi connectivity index (χ1v) is 5.30. The highest BCUT2D eigenvalue weighted by Crippen LogP contribution is 2.21. The van der Waals surface area contributed by atoms with Crippen LogP contribution in [0, 0.1) is 0 Å². The number of aromatic nitrogens is 2. The van der Waals surface area contributed by atoms with Crippen LogP contribution in [0.2, 0.25) is 0 Å². The van der Waals surface area contributed by atoms with Crippen molar-refractivity contribution >= 4 is 12.0 Å². The minimum absolute atomic E-state index is 0.0118. The molecule has 1 fully saturated rings. The number of hydrogen-bond donors (Lipinski definition) is 1. The molecule has 0 spiro atoms. The summed E-state index contributed by atoms with van der Waals surface area (Å²) in [5.41, 5.74) is 0. The van der Waals surface area contributed by atoms with Crippen molar-refractivity contribution in [3.05, 3.63) is 18.5 Å². The number of anilines is 1. The van der Waals surface area contributed by atoms with Gasteiger partial charge >= 0.3 is 6.09 Å². The van der Waals surface area contributed by atoms with Crippen LogP contribution < -0.4 is 10.9 Å². The fraction of sp³-hybridized carbons (Fsp3) is 0.500. The SMILES string of the molecule is NN(C(=O)OC1CCCC1)c1ncccn1. The number of carbonyl (C=O) groups excluding carboxylic acids is 1. The Kier molecular flexibility index (Phi) is 3.31. The molecule has 1 aromatic rings. The lowest BCUT2D eigenvalue weighted by molar-refractivity contribution is 0.107. The summed E-state index contributed by atoms with van der Waals surface area (Å²) in [4.78, 5) is 19.3. The van der Waals surface area contributed by atoms with Crippen LogP contribution in [-0.2, 0) is 4.74 Å². The molecule has 2 rings (SSSR count). The van der Waals surface area contributed by atoms with E-state index in [4.69, 9.17) is 10.6 Å². The minimum atomic E-state index is -0.599. The van der Waals surface area contributed by atoms with E-state index < -0.39 is 6.09 Å². The Morgan fingerprint density at radius 1 is 1.38 bits per heavy atom. The summed E-state index contributed by atoms with van der Waals surface area (Å²) in [7, 11) is 0. The first-order valence-electron chi connectivity index (χ1n) is 5.30. The van der Waals surface area contributed by atoms with Gasteiger partial charge in [-0.05, 0) is 31.7 Å². The Hall–Kier alpha value is -1.69. The molecule has 1 aliphatic rings. The van der Waals surface area contributed by atoms with Crippen LogP contribution in [0.5, 0.6) is 0 Å². The number of hydrazine groups is 1. The van der Waals surface area contributed by atoms with Crippen LogP contribution in [-0.4, -0.2) is 22.2 Å². The number of hydrogen-bond acceptors (Lipinski definition) is 5. The zero-order valence-corrected chi connectivity index (χ0v) is 8.87. The van der Waals surface area contributed by atoms with Gasteiger partial charge in [0.15, 0.2) is 0 Å². The molecule has 0 atom stereocenters. The van der Waals surface area contributed by atoms with Gasteiger partial charge in [-0.25, -0.2) is 20.6 Å². The summed E-state index contributed by atoms with van der Waals surface area (Å²) in [5.74, 6) is 5.69. The van der Waals surface area contributed by atoms with Crippen molar-refractivity contribution in [2.75, 3.05) is 5.01 Å². The van der Waals surface area contributed by atoms with Gasteiger partial charge in [-0.2, -0.15) is 5.01 Å². The number of nitrogens with zero attached hydrogens (tertiary/aromatic N) is 3. The van der Waals surface area contributed by atoms with E-state index in [-0.39, 0.29) is 12.1 Å². The van der Waals surface area contributed by atoms with Crippen LogP contribution in [0.4, 0.5) is 10.7 Å². The molecule has 1 aliphatic carbocycles. The highest BCUT2D eigenvalue weighted by molar-refractivity contribution is 5.83. The van der Waals surface area contributed by atoms with E-state index >= 15 is 0 Å². The van der Waals surface area contributed by atoms with Gasteiger partial charge in [0.2, 0.25) is 5.95 Å². The van der Waals surface area contributed by atoms with E-state index in [2.05, 4.69) is 9.97 Å². The van der Waals surface area contributed by atoms with Crippen LogP contribution in [0.3, 0.4) is 0 Å². The summed E-state index contributed by atoms with van der Waals surface area (Å²) in [5, 5.41) is 0.832. The molecular weight excluding hydrogens is 208 g/mol. The van der Waals surface area contributed by atoms with Gasteiger partial charge in [0.05, 0.1) is 0 Å². The van der Waals surface area contributed by atoms with Gasteiger partial charge in [-0.15, -0.1) is 0 Å². The highest BCUT2D eigenvalue weighted by atomic mass is 16.6. The van der Waals surface area contributed by atoms with Crippen LogP contribution in [0.15, 0.2) is 18.5 Å². The number of rotatable bonds is 2. The molecule has 1 heterocycles. The molecule has 6 nitrogen and oxygen atoms in total. The lowest BCUT2D eigenvalue weighted by Gasteiger charge is -2.17. The molecule has 0 aliphatic heterocycles. The minimum Gasteiger partial charge on any atom is -0.445 e. The Morgan fingerprint density at radius 3 is 2.62 bits per heavy atom. The Morgan fingerprint density at radius 2 is 2.00 bits per heavy atom. The Bertz CT molecular complexity index is 351. The molecule has 2 N–H and O–H groups in total. The second-order valence-corrected chi connectivity index (χ2v) is 3.71. The van der Waals surface area contributed by atoms with Gasteiger partial charge in [-0.1, -0.05) is 0 Å². The van der Waals surface area contributed by atoms with E-state index in [1.807, 2.05) is 0 Å². The average Bonchev–Trinajstić information content (AvgIpc) is 2.82. The molecule has 0 unspecified atom stereocenters. The van der Waals surface area contributed by atoms with Gasteiger partial charge in [0, 0.05) is 12.4 Å². The summed E-state index contributed by atoms with van der Waals surface area (Å²) < 4.78 is 5.21. The van der Waals surface area contributed by atoms with E-state index in [9.17, 15) is 4.79 Å². The molecule has 1 saturated carbocycles. The quantitative estimate of drug-likeness (QED) is 0.462. The van der Waals surface area contributed by atoms with Crippen LogP contribution in [0.25, 0.3) is 0 Å². The maximum atomic E-state index is 11.6. The largest absolute Gasteiger partial charge is 0.445 e. The molecule has 0 saturated heterocycles. The molecule has 86 valence electrons. The van der Waals surface area contributed by atoms with Crippen molar-refractivity contribution in [3.63, 3.8) is 0 Å². The number of carbonyl (C=O) groups is 1. The second kappa shape index (κ2) is 4.89. The zero-order chi connectivity index (χ0) is 11.4. The Balaban J connectivity index is 1.94. The fourth-order valence-electron chi connectivity index (χ4n) is 1.70. The monoisotopic (exact) mass is 222 g/mol. The van der Waals surface area contributed by atoms with Gasteiger partial charge in [0.1, 0.15) is 6.10 Å². The topological polar surface area (TPSA) is 81.3 Å². The van der Waals surface area contributed by atoms with Crippen molar-refractivity contribution in [3.8, 4) is 0 Å². The highest BCUT2D eigenvalue weighted by Gasteiger charge is 2.23. The summed E-state index contributed by atoms with van der Waals surface area (Å²) in [6.45, 7) is 0.